The lowest BCUT2D eigenvalue weighted by molar-refractivity contribution is 0.147. The molecule has 3 heteroatoms. The van der Waals surface area contributed by atoms with Crippen LogP contribution in [0.25, 0.3) is 0 Å². The SMILES string of the molecule is C#CCOCCCOc1ccc(Oc2ccccc2)cc1. The second-order valence-corrected chi connectivity index (χ2v) is 4.35. The Morgan fingerprint density at radius 2 is 1.48 bits per heavy atom. The maximum Gasteiger partial charge on any atom is 0.127 e. The molecule has 0 bridgehead atoms. The van der Waals surface area contributed by atoms with Crippen LogP contribution in [-0.2, 0) is 4.74 Å². The van der Waals surface area contributed by atoms with E-state index in [0.717, 1.165) is 23.7 Å². The quantitative estimate of drug-likeness (QED) is 0.543. The highest BCUT2D eigenvalue weighted by molar-refractivity contribution is 5.35. The number of hydrogen-bond acceptors (Lipinski definition) is 3. The van der Waals surface area contributed by atoms with E-state index in [4.69, 9.17) is 20.6 Å². The first-order chi connectivity index (χ1) is 10.4. The summed E-state index contributed by atoms with van der Waals surface area (Å²) in [5, 5.41) is 0. The molecule has 0 saturated heterocycles. The summed E-state index contributed by atoms with van der Waals surface area (Å²) < 4.78 is 16.5. The molecule has 108 valence electrons. The van der Waals surface area contributed by atoms with E-state index in [1.807, 2.05) is 54.6 Å². The van der Waals surface area contributed by atoms with Crippen LogP contribution in [0.5, 0.6) is 17.2 Å². The average molecular weight is 282 g/mol. The Labute approximate surface area is 125 Å². The van der Waals surface area contributed by atoms with Gasteiger partial charge in [0.15, 0.2) is 0 Å². The second-order valence-electron chi connectivity index (χ2n) is 4.35. The molecular weight excluding hydrogens is 264 g/mol. The van der Waals surface area contributed by atoms with Crippen LogP contribution in [-0.4, -0.2) is 19.8 Å². The van der Waals surface area contributed by atoms with Crippen LogP contribution >= 0.6 is 0 Å². The van der Waals surface area contributed by atoms with Gasteiger partial charge in [0.05, 0.1) is 13.2 Å². The van der Waals surface area contributed by atoms with E-state index in [2.05, 4.69) is 5.92 Å². The molecule has 0 fully saturated rings. The molecule has 3 nitrogen and oxygen atoms in total. The van der Waals surface area contributed by atoms with E-state index in [-0.39, 0.29) is 0 Å². The molecule has 0 aromatic heterocycles. The zero-order valence-corrected chi connectivity index (χ0v) is 11.8. The Balaban J connectivity index is 1.73. The summed E-state index contributed by atoms with van der Waals surface area (Å²) >= 11 is 0. The fraction of sp³-hybridized carbons (Fsp3) is 0.222. The van der Waals surface area contributed by atoms with Gasteiger partial charge < -0.3 is 14.2 Å². The highest BCUT2D eigenvalue weighted by Crippen LogP contribution is 2.23. The van der Waals surface area contributed by atoms with Gasteiger partial charge in [-0.2, -0.15) is 0 Å². The van der Waals surface area contributed by atoms with Gasteiger partial charge in [0.25, 0.3) is 0 Å². The van der Waals surface area contributed by atoms with Gasteiger partial charge in [-0.1, -0.05) is 24.1 Å². The summed E-state index contributed by atoms with van der Waals surface area (Å²) in [5.41, 5.74) is 0. The van der Waals surface area contributed by atoms with Crippen molar-refractivity contribution in [2.24, 2.45) is 0 Å². The standard InChI is InChI=1S/C18H18O3/c1-2-13-19-14-6-15-20-16-9-11-18(12-10-16)21-17-7-4-3-5-8-17/h1,3-5,7-12H,6,13-15H2. The van der Waals surface area contributed by atoms with Gasteiger partial charge in [-0.25, -0.2) is 0 Å². The molecule has 21 heavy (non-hydrogen) atoms. The van der Waals surface area contributed by atoms with Gasteiger partial charge in [0, 0.05) is 6.42 Å². The summed E-state index contributed by atoms with van der Waals surface area (Å²) in [6.45, 7) is 1.56. The summed E-state index contributed by atoms with van der Waals surface area (Å²) in [6, 6.07) is 17.2. The molecule has 0 saturated carbocycles. The van der Waals surface area contributed by atoms with Crippen LogP contribution in [0, 0.1) is 12.3 Å². The second kappa shape index (κ2) is 8.68. The van der Waals surface area contributed by atoms with E-state index in [1.54, 1.807) is 0 Å². The third-order valence-electron chi connectivity index (χ3n) is 2.69. The van der Waals surface area contributed by atoms with E-state index < -0.39 is 0 Å². The van der Waals surface area contributed by atoms with E-state index in [1.165, 1.54) is 0 Å². The van der Waals surface area contributed by atoms with Crippen molar-refractivity contribution in [1.29, 1.82) is 0 Å². The normalized spacial score (nSPS) is 9.86. The third-order valence-corrected chi connectivity index (χ3v) is 2.69. The molecular formula is C18H18O3. The molecule has 0 aliphatic rings. The van der Waals surface area contributed by atoms with Gasteiger partial charge >= 0.3 is 0 Å². The Hall–Kier alpha value is -2.44. The van der Waals surface area contributed by atoms with E-state index in [0.29, 0.717) is 19.8 Å². The monoisotopic (exact) mass is 282 g/mol. The molecule has 0 N–H and O–H groups in total. The zero-order chi connectivity index (χ0) is 14.8. The summed E-state index contributed by atoms with van der Waals surface area (Å²) in [5.74, 6) is 4.84. The number of para-hydroxylation sites is 1. The molecule has 0 atom stereocenters. The molecule has 0 aliphatic heterocycles. The first-order valence-corrected chi connectivity index (χ1v) is 6.85. The number of benzene rings is 2. The minimum absolute atomic E-state index is 0.353. The number of hydrogen-bond donors (Lipinski definition) is 0. The van der Waals surface area contributed by atoms with Crippen molar-refractivity contribution in [1.82, 2.24) is 0 Å². The van der Waals surface area contributed by atoms with Crippen molar-refractivity contribution >= 4 is 0 Å². The number of terminal acetylenes is 1. The maximum atomic E-state index is 5.71. The Morgan fingerprint density at radius 3 is 2.19 bits per heavy atom. The molecule has 0 unspecified atom stereocenters. The van der Waals surface area contributed by atoms with Gasteiger partial charge in [-0.15, -0.1) is 6.42 Å². The largest absolute Gasteiger partial charge is 0.494 e. The summed E-state index contributed by atoms with van der Waals surface area (Å²) in [4.78, 5) is 0. The lowest BCUT2D eigenvalue weighted by atomic mass is 10.3. The van der Waals surface area contributed by atoms with Crippen LogP contribution in [0.1, 0.15) is 6.42 Å². The highest BCUT2D eigenvalue weighted by Gasteiger charge is 1.98. The summed E-state index contributed by atoms with van der Waals surface area (Å²) in [6.07, 6.45) is 5.90. The van der Waals surface area contributed by atoms with Crippen LogP contribution in [0.15, 0.2) is 54.6 Å². The van der Waals surface area contributed by atoms with Crippen molar-refractivity contribution in [3.63, 3.8) is 0 Å². The Bertz CT molecular complexity index is 555. The predicted octanol–water partition coefficient (Wildman–Crippen LogP) is 3.90. The van der Waals surface area contributed by atoms with Crippen LogP contribution < -0.4 is 9.47 Å². The maximum absolute atomic E-state index is 5.71. The molecule has 2 aromatic carbocycles. The van der Waals surface area contributed by atoms with Crippen molar-refractivity contribution in [3.8, 4) is 29.6 Å². The Morgan fingerprint density at radius 1 is 0.810 bits per heavy atom. The van der Waals surface area contributed by atoms with Crippen LogP contribution in [0.3, 0.4) is 0 Å². The van der Waals surface area contributed by atoms with Crippen LogP contribution in [0.2, 0.25) is 0 Å². The lowest BCUT2D eigenvalue weighted by Gasteiger charge is -2.08. The topological polar surface area (TPSA) is 27.7 Å². The van der Waals surface area contributed by atoms with Crippen molar-refractivity contribution in [2.75, 3.05) is 19.8 Å². The first-order valence-electron chi connectivity index (χ1n) is 6.85. The first kappa shape index (κ1) is 15.0. The lowest BCUT2D eigenvalue weighted by Crippen LogP contribution is -2.03. The molecule has 0 amide bonds. The molecule has 2 rings (SSSR count). The van der Waals surface area contributed by atoms with Crippen molar-refractivity contribution in [3.05, 3.63) is 54.6 Å². The van der Waals surface area contributed by atoms with Gasteiger partial charge in [-0.05, 0) is 36.4 Å². The van der Waals surface area contributed by atoms with Crippen LogP contribution in [0.4, 0.5) is 0 Å². The van der Waals surface area contributed by atoms with Crippen molar-refractivity contribution < 1.29 is 14.2 Å². The fourth-order valence-electron chi connectivity index (χ4n) is 1.71. The van der Waals surface area contributed by atoms with E-state index >= 15 is 0 Å². The average Bonchev–Trinajstić information content (AvgIpc) is 2.53. The Kier molecular flexibility index (Phi) is 6.18. The van der Waals surface area contributed by atoms with Gasteiger partial charge in [0.1, 0.15) is 23.9 Å². The molecule has 0 aliphatic carbocycles. The number of rotatable bonds is 8. The van der Waals surface area contributed by atoms with E-state index in [9.17, 15) is 0 Å². The fourth-order valence-corrected chi connectivity index (χ4v) is 1.71. The smallest absolute Gasteiger partial charge is 0.127 e. The minimum Gasteiger partial charge on any atom is -0.494 e. The molecule has 0 spiro atoms. The zero-order valence-electron chi connectivity index (χ0n) is 11.8. The van der Waals surface area contributed by atoms with Crippen molar-refractivity contribution in [2.45, 2.75) is 6.42 Å². The van der Waals surface area contributed by atoms with Gasteiger partial charge in [-0.3, -0.25) is 0 Å². The molecule has 0 heterocycles. The highest BCUT2D eigenvalue weighted by atomic mass is 16.5. The molecule has 0 radical (unpaired) electrons. The summed E-state index contributed by atoms with van der Waals surface area (Å²) in [7, 11) is 0. The number of ether oxygens (including phenoxy) is 3. The minimum atomic E-state index is 0.353. The van der Waals surface area contributed by atoms with Gasteiger partial charge in [0.2, 0.25) is 0 Å². The predicted molar refractivity (Wildman–Crippen MR) is 82.7 cm³/mol. The third kappa shape index (κ3) is 5.60. The molecule has 2 aromatic rings.